The van der Waals surface area contributed by atoms with Crippen molar-refractivity contribution in [2.24, 2.45) is 5.92 Å². The van der Waals surface area contributed by atoms with E-state index in [1.54, 1.807) is 18.2 Å². The van der Waals surface area contributed by atoms with E-state index in [0.29, 0.717) is 16.9 Å². The average Bonchev–Trinajstić information content (AvgIpc) is 3.38. The van der Waals surface area contributed by atoms with Crippen LogP contribution in [0, 0.1) is 11.7 Å². The fraction of sp³-hybridized carbons (Fsp3) is 0.400. The van der Waals surface area contributed by atoms with Gasteiger partial charge in [-0.25, -0.2) is 4.39 Å². The van der Waals surface area contributed by atoms with E-state index < -0.39 is 0 Å². The van der Waals surface area contributed by atoms with Crippen LogP contribution in [0.3, 0.4) is 0 Å². The first kappa shape index (κ1) is 17.2. The van der Waals surface area contributed by atoms with E-state index >= 15 is 0 Å². The van der Waals surface area contributed by atoms with Crippen LogP contribution in [-0.2, 0) is 17.6 Å². The number of carbonyl (C=O) groups excluding carboxylic acids is 2. The van der Waals surface area contributed by atoms with Gasteiger partial charge in [0.2, 0.25) is 5.91 Å². The monoisotopic (exact) mass is 372 g/mol. The Morgan fingerprint density at radius 3 is 2.73 bits per heavy atom. The minimum absolute atomic E-state index is 0.106. The van der Waals surface area contributed by atoms with Crippen LogP contribution in [0.15, 0.2) is 30.3 Å². The van der Waals surface area contributed by atoms with Gasteiger partial charge in [0.15, 0.2) is 0 Å². The zero-order chi connectivity index (χ0) is 18.1. The number of hydrogen-bond donors (Lipinski definition) is 2. The lowest BCUT2D eigenvalue weighted by molar-refractivity contribution is -0.123. The van der Waals surface area contributed by atoms with Crippen molar-refractivity contribution < 1.29 is 14.0 Å². The molecule has 2 atom stereocenters. The van der Waals surface area contributed by atoms with Crippen molar-refractivity contribution in [3.05, 3.63) is 57.0 Å². The van der Waals surface area contributed by atoms with Gasteiger partial charge >= 0.3 is 0 Å². The Morgan fingerprint density at radius 2 is 1.88 bits per heavy atom. The highest BCUT2D eigenvalue weighted by Gasteiger charge is 2.45. The average molecular weight is 372 g/mol. The lowest BCUT2D eigenvalue weighted by Crippen LogP contribution is -2.42. The Balaban J connectivity index is 1.32. The summed E-state index contributed by atoms with van der Waals surface area (Å²) in [5, 5.41) is 0. The Bertz CT molecular complexity index is 825. The number of amides is 2. The van der Waals surface area contributed by atoms with Gasteiger partial charge in [-0.1, -0.05) is 24.6 Å². The molecule has 1 aromatic carbocycles. The molecule has 2 aromatic rings. The molecule has 136 valence electrons. The molecule has 1 saturated carbocycles. The third-order valence-corrected chi connectivity index (χ3v) is 6.44. The Kier molecular flexibility index (Phi) is 4.76. The molecule has 2 aliphatic rings. The zero-order valence-electron chi connectivity index (χ0n) is 14.4. The molecular formula is C20H21FN2O2S. The highest BCUT2D eigenvalue weighted by atomic mass is 32.1. The summed E-state index contributed by atoms with van der Waals surface area (Å²) in [4.78, 5) is 26.5. The van der Waals surface area contributed by atoms with Gasteiger partial charge in [-0.2, -0.15) is 0 Å². The van der Waals surface area contributed by atoms with Crippen molar-refractivity contribution in [3.8, 4) is 0 Å². The molecule has 1 fully saturated rings. The van der Waals surface area contributed by atoms with Gasteiger partial charge in [-0.05, 0) is 61.3 Å². The van der Waals surface area contributed by atoms with E-state index in [9.17, 15) is 14.0 Å². The number of benzene rings is 1. The van der Waals surface area contributed by atoms with E-state index in [2.05, 4.69) is 10.9 Å². The minimum atomic E-state index is -0.285. The Labute approximate surface area is 155 Å². The lowest BCUT2D eigenvalue weighted by Gasteiger charge is -2.06. The number of rotatable bonds is 3. The lowest BCUT2D eigenvalue weighted by atomic mass is 10.1. The first-order valence-electron chi connectivity index (χ1n) is 9.09. The van der Waals surface area contributed by atoms with Crippen LogP contribution in [-0.4, -0.2) is 11.8 Å². The highest BCUT2D eigenvalue weighted by molar-refractivity contribution is 7.14. The summed E-state index contributed by atoms with van der Waals surface area (Å²) in [7, 11) is 0. The highest BCUT2D eigenvalue weighted by Crippen LogP contribution is 2.48. The van der Waals surface area contributed by atoms with Crippen LogP contribution in [0.5, 0.6) is 0 Å². The van der Waals surface area contributed by atoms with E-state index in [4.69, 9.17) is 0 Å². The van der Waals surface area contributed by atoms with Crippen LogP contribution in [0.2, 0.25) is 0 Å². The molecule has 2 unspecified atom stereocenters. The van der Waals surface area contributed by atoms with Crippen LogP contribution < -0.4 is 10.9 Å². The number of hydrazine groups is 1. The number of halogens is 1. The molecule has 0 saturated heterocycles. The molecular weight excluding hydrogens is 351 g/mol. The van der Waals surface area contributed by atoms with E-state index in [0.717, 1.165) is 12.8 Å². The summed E-state index contributed by atoms with van der Waals surface area (Å²) in [6.07, 6.45) is 6.24. The summed E-state index contributed by atoms with van der Waals surface area (Å²) in [6.45, 7) is 0. The normalized spacial score (nSPS) is 21.4. The van der Waals surface area contributed by atoms with Crippen molar-refractivity contribution in [1.82, 2.24) is 10.9 Å². The Hall–Kier alpha value is -2.21. The summed E-state index contributed by atoms with van der Waals surface area (Å²) in [5.41, 5.74) is 6.85. The molecule has 2 amide bonds. The van der Waals surface area contributed by atoms with Crippen LogP contribution in [0.4, 0.5) is 4.39 Å². The molecule has 2 N–H and O–H groups in total. The third kappa shape index (κ3) is 3.51. The molecule has 0 aliphatic heterocycles. The van der Waals surface area contributed by atoms with Gasteiger partial charge in [-0.15, -0.1) is 11.3 Å². The smallest absolute Gasteiger partial charge is 0.273 e. The van der Waals surface area contributed by atoms with Crippen molar-refractivity contribution in [1.29, 1.82) is 0 Å². The minimum Gasteiger partial charge on any atom is -0.273 e. The van der Waals surface area contributed by atoms with Gasteiger partial charge in [0, 0.05) is 10.8 Å². The van der Waals surface area contributed by atoms with Gasteiger partial charge in [0.1, 0.15) is 5.82 Å². The quantitative estimate of drug-likeness (QED) is 0.637. The second kappa shape index (κ2) is 7.19. The predicted octanol–water partition coefficient (Wildman–Crippen LogP) is 3.72. The third-order valence-electron chi connectivity index (χ3n) is 5.20. The maximum atomic E-state index is 13.8. The number of nitrogens with one attached hydrogen (secondary N) is 2. The summed E-state index contributed by atoms with van der Waals surface area (Å²) >= 11 is 1.52. The number of hydrogen-bond acceptors (Lipinski definition) is 3. The standard InChI is InChI=1S/C20H21FN2O2S/c21-16-8-5-4-7-13(16)14-11-15(14)19(24)22-23-20(25)18-10-12-6-2-1-3-9-17(12)26-18/h4-5,7-8,10,14-15H,1-3,6,9,11H2,(H,22,24)(H,23,25). The van der Waals surface area contributed by atoms with Gasteiger partial charge in [0.05, 0.1) is 4.88 Å². The van der Waals surface area contributed by atoms with Crippen molar-refractivity contribution >= 4 is 23.2 Å². The van der Waals surface area contributed by atoms with Crippen molar-refractivity contribution in [2.75, 3.05) is 0 Å². The number of fused-ring (bicyclic) bond motifs is 1. The largest absolute Gasteiger partial charge is 0.279 e. The predicted molar refractivity (Wildman–Crippen MR) is 98.4 cm³/mol. The molecule has 26 heavy (non-hydrogen) atoms. The molecule has 4 nitrogen and oxygen atoms in total. The summed E-state index contributed by atoms with van der Waals surface area (Å²) in [6, 6.07) is 8.48. The van der Waals surface area contributed by atoms with Crippen molar-refractivity contribution in [2.45, 2.75) is 44.4 Å². The van der Waals surface area contributed by atoms with E-state index in [1.165, 1.54) is 47.1 Å². The number of carbonyl (C=O) groups is 2. The van der Waals surface area contributed by atoms with Crippen LogP contribution in [0.1, 0.15) is 57.3 Å². The molecule has 0 spiro atoms. The van der Waals surface area contributed by atoms with Gasteiger partial charge in [0.25, 0.3) is 5.91 Å². The van der Waals surface area contributed by atoms with Crippen LogP contribution >= 0.6 is 11.3 Å². The topological polar surface area (TPSA) is 58.2 Å². The first-order chi connectivity index (χ1) is 12.6. The number of aryl methyl sites for hydroxylation is 2. The van der Waals surface area contributed by atoms with Gasteiger partial charge < -0.3 is 0 Å². The fourth-order valence-electron chi connectivity index (χ4n) is 3.66. The molecule has 0 radical (unpaired) electrons. The maximum Gasteiger partial charge on any atom is 0.279 e. The molecule has 6 heteroatoms. The molecule has 4 rings (SSSR count). The van der Waals surface area contributed by atoms with E-state index in [1.807, 2.05) is 6.07 Å². The second-order valence-electron chi connectivity index (χ2n) is 7.03. The summed E-state index contributed by atoms with van der Waals surface area (Å²) in [5.74, 6) is -1.21. The molecule has 2 aliphatic carbocycles. The summed E-state index contributed by atoms with van der Waals surface area (Å²) < 4.78 is 13.8. The van der Waals surface area contributed by atoms with Crippen molar-refractivity contribution in [3.63, 3.8) is 0 Å². The number of thiophene rings is 1. The molecule has 0 bridgehead atoms. The zero-order valence-corrected chi connectivity index (χ0v) is 15.2. The van der Waals surface area contributed by atoms with Crippen LogP contribution in [0.25, 0.3) is 0 Å². The fourth-order valence-corrected chi connectivity index (χ4v) is 4.81. The SMILES string of the molecule is O=C(NNC(=O)C1CC1c1ccccc1F)c1cc2c(s1)CCCCC2. The van der Waals surface area contributed by atoms with Gasteiger partial charge in [-0.3, -0.25) is 20.4 Å². The molecule has 1 aromatic heterocycles. The second-order valence-corrected chi connectivity index (χ2v) is 8.17. The Morgan fingerprint density at radius 1 is 1.08 bits per heavy atom. The first-order valence-corrected chi connectivity index (χ1v) is 9.91. The maximum absolute atomic E-state index is 13.8. The van der Waals surface area contributed by atoms with E-state index in [-0.39, 0.29) is 29.5 Å². The molecule has 1 heterocycles.